The minimum Gasteiger partial charge on any atom is -0.464 e. The summed E-state index contributed by atoms with van der Waals surface area (Å²) in [4.78, 5) is 81.5. The minimum absolute atomic E-state index is 0.0984. The molecule has 0 fully saturated rings. The molecule has 2 heterocycles. The van der Waals surface area contributed by atoms with E-state index in [0.29, 0.717) is 17.7 Å². The third-order valence-electron chi connectivity index (χ3n) is 8.37. The number of benzene rings is 3. The summed E-state index contributed by atoms with van der Waals surface area (Å²) in [6.45, 7) is 5.03. The number of carbonyl (C=O) groups is 6. The Kier molecular flexibility index (Phi) is 9.60. The first-order valence-electron chi connectivity index (χ1n) is 15.3. The fourth-order valence-electron chi connectivity index (χ4n) is 5.78. The Morgan fingerprint density at radius 2 is 1.57 bits per heavy atom. The molecule has 0 spiro atoms. The molecule has 0 saturated heterocycles. The van der Waals surface area contributed by atoms with Crippen molar-refractivity contribution in [2.24, 2.45) is 5.92 Å². The van der Waals surface area contributed by atoms with Gasteiger partial charge in [-0.25, -0.2) is 9.69 Å². The number of fused-ring (bicyclic) bond motifs is 2. The molecule has 5 amide bonds. The van der Waals surface area contributed by atoms with Gasteiger partial charge in [0.15, 0.2) is 0 Å². The van der Waals surface area contributed by atoms with Gasteiger partial charge in [-0.3, -0.25) is 28.9 Å². The van der Waals surface area contributed by atoms with Crippen molar-refractivity contribution < 1.29 is 33.5 Å². The molecule has 2 aliphatic rings. The Hall–Kier alpha value is -5.32. The van der Waals surface area contributed by atoms with Crippen LogP contribution < -0.4 is 20.4 Å². The average molecular weight is 625 g/mol. The zero-order valence-electron chi connectivity index (χ0n) is 25.9. The third kappa shape index (κ3) is 6.39. The number of hydrogen-bond donors (Lipinski definition) is 2. The van der Waals surface area contributed by atoms with E-state index < -0.39 is 48.2 Å². The van der Waals surface area contributed by atoms with Crippen LogP contribution in [0.2, 0.25) is 0 Å². The van der Waals surface area contributed by atoms with E-state index in [2.05, 4.69) is 10.6 Å². The lowest BCUT2D eigenvalue weighted by atomic mass is 9.98. The van der Waals surface area contributed by atoms with E-state index in [1.807, 2.05) is 44.2 Å². The van der Waals surface area contributed by atoms with Gasteiger partial charge in [-0.15, -0.1) is 0 Å². The highest BCUT2D eigenvalue weighted by atomic mass is 16.5. The molecule has 3 aromatic rings. The number of hydrogen-bond acceptors (Lipinski definition) is 7. The Morgan fingerprint density at radius 3 is 2.20 bits per heavy atom. The number of rotatable bonds is 11. The fraction of sp³-hybridized carbons (Fsp3) is 0.314. The molecule has 238 valence electrons. The molecule has 0 bridgehead atoms. The molecule has 0 saturated carbocycles. The highest BCUT2D eigenvalue weighted by Crippen LogP contribution is 2.38. The van der Waals surface area contributed by atoms with Gasteiger partial charge in [0.25, 0.3) is 11.8 Å². The van der Waals surface area contributed by atoms with Crippen LogP contribution in [-0.2, 0) is 36.8 Å². The maximum absolute atomic E-state index is 13.8. The van der Waals surface area contributed by atoms with Crippen molar-refractivity contribution in [3.8, 4) is 0 Å². The highest BCUT2D eigenvalue weighted by molar-refractivity contribution is 6.34. The Balaban J connectivity index is 1.35. The highest BCUT2D eigenvalue weighted by Gasteiger charge is 2.42. The lowest BCUT2D eigenvalue weighted by molar-refractivity contribution is -0.145. The van der Waals surface area contributed by atoms with Crippen molar-refractivity contribution in [3.63, 3.8) is 0 Å². The molecule has 2 unspecified atom stereocenters. The zero-order valence-corrected chi connectivity index (χ0v) is 25.9. The van der Waals surface area contributed by atoms with Gasteiger partial charge >= 0.3 is 5.97 Å². The Morgan fingerprint density at radius 1 is 0.913 bits per heavy atom. The van der Waals surface area contributed by atoms with Crippen LogP contribution in [0.1, 0.15) is 59.0 Å². The quantitative estimate of drug-likeness (QED) is 0.247. The predicted octanol–water partition coefficient (Wildman–Crippen LogP) is 3.20. The van der Waals surface area contributed by atoms with Gasteiger partial charge in [-0.05, 0) is 48.2 Å². The van der Waals surface area contributed by atoms with Gasteiger partial charge in [-0.2, -0.15) is 0 Å². The number of esters is 1. The van der Waals surface area contributed by atoms with Crippen molar-refractivity contribution in [1.29, 1.82) is 0 Å². The minimum atomic E-state index is -1.01. The Bertz CT molecular complexity index is 1650. The molecular formula is C35H36N4O7. The number of nitrogens with one attached hydrogen (secondary N) is 2. The van der Waals surface area contributed by atoms with Crippen LogP contribution in [0, 0.1) is 5.92 Å². The zero-order chi connectivity index (χ0) is 33.0. The van der Waals surface area contributed by atoms with E-state index in [1.54, 1.807) is 43.3 Å². The second-order valence-corrected chi connectivity index (χ2v) is 11.4. The van der Waals surface area contributed by atoms with E-state index in [4.69, 9.17) is 4.74 Å². The third-order valence-corrected chi connectivity index (χ3v) is 8.37. The topological polar surface area (TPSA) is 142 Å². The van der Waals surface area contributed by atoms with Crippen LogP contribution in [0.3, 0.4) is 0 Å². The molecule has 46 heavy (non-hydrogen) atoms. The summed E-state index contributed by atoms with van der Waals surface area (Å²) < 4.78 is 5.26. The molecule has 3 atom stereocenters. The lowest BCUT2D eigenvalue weighted by Gasteiger charge is -2.27. The molecule has 11 heteroatoms. The van der Waals surface area contributed by atoms with Gasteiger partial charge in [-0.1, -0.05) is 68.8 Å². The fourth-order valence-corrected chi connectivity index (χ4v) is 5.78. The summed E-state index contributed by atoms with van der Waals surface area (Å²) in [6, 6.07) is 18.6. The van der Waals surface area contributed by atoms with Crippen LogP contribution in [0.5, 0.6) is 0 Å². The number of amides is 5. The molecule has 5 rings (SSSR count). The molecule has 11 nitrogen and oxygen atoms in total. The first-order chi connectivity index (χ1) is 22.1. The summed E-state index contributed by atoms with van der Waals surface area (Å²) in [7, 11) is 0. The smallest absolute Gasteiger partial charge is 0.329 e. The average Bonchev–Trinajstić information content (AvgIpc) is 3.57. The molecule has 0 radical (unpaired) electrons. The van der Waals surface area contributed by atoms with Gasteiger partial charge in [0.1, 0.15) is 12.1 Å². The second-order valence-electron chi connectivity index (χ2n) is 11.4. The molecular weight excluding hydrogens is 588 g/mol. The Labute approximate surface area is 266 Å². The SMILES string of the molecule is CCOC(=O)[C@@H]1Cc2ccc(N3C(=O)c4ccccc4C3=O)cc2N1C(=O)CNC(=O)C(NC(=O)Cc1ccccc1)C(C)CC. The summed E-state index contributed by atoms with van der Waals surface area (Å²) in [5.41, 5.74) is 2.58. The van der Waals surface area contributed by atoms with Crippen LogP contribution in [-0.4, -0.2) is 60.7 Å². The second kappa shape index (κ2) is 13.8. The standard InChI is InChI=1S/C35H36N4O7/c1-4-21(3)31(37-29(40)17-22-11-7-6-8-12-22)32(42)36-20-30(41)39-27-19-24(16-15-23(27)18-28(39)35(45)46-5-2)38-33(43)25-13-9-10-14-26(25)34(38)44/h6-16,19,21,28,31H,4-5,17-18,20H2,1-3H3,(H,36,42)(H,37,40)/t21?,28-,31?/m0/s1. The largest absolute Gasteiger partial charge is 0.464 e. The summed E-state index contributed by atoms with van der Waals surface area (Å²) in [5.74, 6) is -3.27. The first-order valence-corrected chi connectivity index (χ1v) is 15.3. The summed E-state index contributed by atoms with van der Waals surface area (Å²) in [5, 5.41) is 5.45. The van der Waals surface area contributed by atoms with Crippen molar-refractivity contribution in [3.05, 3.63) is 95.1 Å². The van der Waals surface area contributed by atoms with Crippen LogP contribution >= 0.6 is 0 Å². The number of imide groups is 1. The normalized spacial score (nSPS) is 16.4. The summed E-state index contributed by atoms with van der Waals surface area (Å²) >= 11 is 0. The van der Waals surface area contributed by atoms with Crippen LogP contribution in [0.25, 0.3) is 0 Å². The number of carbonyl (C=O) groups excluding carboxylic acids is 6. The molecule has 2 aliphatic heterocycles. The van der Waals surface area contributed by atoms with Gasteiger partial charge in [0, 0.05) is 6.42 Å². The van der Waals surface area contributed by atoms with Crippen molar-refractivity contribution in [2.45, 2.75) is 52.1 Å². The van der Waals surface area contributed by atoms with E-state index in [-0.39, 0.29) is 48.1 Å². The molecule has 0 aliphatic carbocycles. The number of nitrogens with zero attached hydrogens (tertiary/aromatic N) is 2. The first kappa shape index (κ1) is 32.1. The van der Waals surface area contributed by atoms with E-state index >= 15 is 0 Å². The maximum atomic E-state index is 13.8. The van der Waals surface area contributed by atoms with E-state index in [1.165, 1.54) is 11.0 Å². The molecule has 3 aromatic carbocycles. The monoisotopic (exact) mass is 624 g/mol. The maximum Gasteiger partial charge on any atom is 0.329 e. The van der Waals surface area contributed by atoms with E-state index in [0.717, 1.165) is 10.5 Å². The van der Waals surface area contributed by atoms with E-state index in [9.17, 15) is 28.8 Å². The van der Waals surface area contributed by atoms with Crippen LogP contribution in [0.4, 0.5) is 11.4 Å². The van der Waals surface area contributed by atoms with Crippen molar-refractivity contribution in [2.75, 3.05) is 23.0 Å². The van der Waals surface area contributed by atoms with Gasteiger partial charge in [0.2, 0.25) is 17.7 Å². The predicted molar refractivity (Wildman–Crippen MR) is 170 cm³/mol. The van der Waals surface area contributed by atoms with Gasteiger partial charge < -0.3 is 15.4 Å². The molecule has 2 N–H and O–H groups in total. The molecule has 0 aromatic heterocycles. The number of ether oxygens (including phenoxy) is 1. The van der Waals surface area contributed by atoms with Crippen molar-refractivity contribution >= 4 is 46.9 Å². The summed E-state index contributed by atoms with van der Waals surface area (Å²) in [6.07, 6.45) is 0.852. The van der Waals surface area contributed by atoms with Crippen LogP contribution in [0.15, 0.2) is 72.8 Å². The van der Waals surface area contributed by atoms with Gasteiger partial charge in [0.05, 0.1) is 42.1 Å². The van der Waals surface area contributed by atoms with Crippen molar-refractivity contribution in [1.82, 2.24) is 10.6 Å². The number of anilines is 2. The lowest BCUT2D eigenvalue weighted by Crippen LogP contribution is -2.53.